The SMILES string of the molecule is CCOc1cc(/C=C(\C#N)C(=O)Nc2cc(C(F)(F)F)ccc2Cl)ccc1OCC(=O)N1CCOCC1. The van der Waals surface area contributed by atoms with Crippen molar-refractivity contribution < 1.29 is 37.0 Å². The van der Waals surface area contributed by atoms with Gasteiger partial charge in [0.05, 0.1) is 36.1 Å². The second-order valence-corrected chi connectivity index (χ2v) is 8.14. The summed E-state index contributed by atoms with van der Waals surface area (Å²) in [6.45, 7) is 3.71. The Morgan fingerprint density at radius 2 is 1.89 bits per heavy atom. The summed E-state index contributed by atoms with van der Waals surface area (Å²) in [5, 5.41) is 11.6. The second kappa shape index (κ2) is 12.5. The molecule has 0 atom stereocenters. The van der Waals surface area contributed by atoms with Gasteiger partial charge in [0.2, 0.25) is 0 Å². The van der Waals surface area contributed by atoms with Crippen LogP contribution < -0.4 is 14.8 Å². The molecular weight excluding hydrogens is 515 g/mol. The lowest BCUT2D eigenvalue weighted by atomic mass is 10.1. The van der Waals surface area contributed by atoms with Crippen molar-refractivity contribution in [1.82, 2.24) is 4.90 Å². The standard InChI is InChI=1S/C25H23ClF3N3O5/c1-2-36-22-12-16(3-6-21(22)37-15-23(33)32-7-9-35-10-8-32)11-17(14-30)24(34)31-20-13-18(25(27,28)29)4-5-19(20)26/h3-6,11-13H,2,7-10,15H2,1H3,(H,31,34)/b17-11+. The number of carbonyl (C=O) groups excluding carboxylic acids is 2. The van der Waals surface area contributed by atoms with Crippen LogP contribution in [0.15, 0.2) is 42.0 Å². The number of nitrogens with zero attached hydrogens (tertiary/aromatic N) is 2. The number of carbonyl (C=O) groups is 2. The predicted molar refractivity (Wildman–Crippen MR) is 129 cm³/mol. The zero-order chi connectivity index (χ0) is 27.0. The van der Waals surface area contributed by atoms with E-state index >= 15 is 0 Å². The molecule has 1 N–H and O–H groups in total. The van der Waals surface area contributed by atoms with E-state index in [1.165, 1.54) is 18.2 Å². The van der Waals surface area contributed by atoms with E-state index < -0.39 is 17.6 Å². The summed E-state index contributed by atoms with van der Waals surface area (Å²) in [4.78, 5) is 26.6. The molecule has 1 saturated heterocycles. The molecule has 37 heavy (non-hydrogen) atoms. The fourth-order valence-corrected chi connectivity index (χ4v) is 3.51. The molecule has 0 bridgehead atoms. The Kier molecular flexibility index (Phi) is 9.38. The summed E-state index contributed by atoms with van der Waals surface area (Å²) in [6, 6.07) is 8.79. The highest BCUT2D eigenvalue weighted by Crippen LogP contribution is 2.34. The van der Waals surface area contributed by atoms with Crippen LogP contribution in [0, 0.1) is 11.3 Å². The van der Waals surface area contributed by atoms with Crippen LogP contribution in [0.4, 0.5) is 18.9 Å². The smallest absolute Gasteiger partial charge is 0.416 e. The summed E-state index contributed by atoms with van der Waals surface area (Å²) < 4.78 is 55.5. The van der Waals surface area contributed by atoms with Crippen molar-refractivity contribution in [1.29, 1.82) is 5.26 Å². The minimum atomic E-state index is -4.63. The number of halogens is 4. The highest BCUT2D eigenvalue weighted by atomic mass is 35.5. The van der Waals surface area contributed by atoms with Crippen LogP contribution in [0.3, 0.4) is 0 Å². The Hall–Kier alpha value is -3.75. The number of ether oxygens (including phenoxy) is 3. The quantitative estimate of drug-likeness (QED) is 0.392. The van der Waals surface area contributed by atoms with E-state index in [0.29, 0.717) is 43.7 Å². The molecule has 8 nitrogen and oxygen atoms in total. The molecule has 0 radical (unpaired) electrons. The summed E-state index contributed by atoms with van der Waals surface area (Å²) in [5.41, 5.74) is -1.28. The van der Waals surface area contributed by atoms with Crippen molar-refractivity contribution in [3.05, 3.63) is 58.1 Å². The topological polar surface area (TPSA) is 101 Å². The maximum Gasteiger partial charge on any atom is 0.416 e. The average molecular weight is 538 g/mol. The molecule has 1 heterocycles. The monoisotopic (exact) mass is 537 g/mol. The lowest BCUT2D eigenvalue weighted by Gasteiger charge is -2.26. The predicted octanol–water partition coefficient (Wildman–Crippen LogP) is 4.54. The van der Waals surface area contributed by atoms with Gasteiger partial charge in [-0.1, -0.05) is 17.7 Å². The molecule has 12 heteroatoms. The van der Waals surface area contributed by atoms with Crippen molar-refractivity contribution in [3.63, 3.8) is 0 Å². The molecule has 2 aromatic rings. The molecular formula is C25H23ClF3N3O5. The van der Waals surface area contributed by atoms with Gasteiger partial charge in [-0.05, 0) is 48.9 Å². The van der Waals surface area contributed by atoms with Crippen molar-refractivity contribution >= 4 is 35.2 Å². The Bertz CT molecular complexity index is 1220. The van der Waals surface area contributed by atoms with E-state index in [1.54, 1.807) is 24.0 Å². The number of amides is 2. The minimum absolute atomic E-state index is 0.120. The van der Waals surface area contributed by atoms with Crippen LogP contribution >= 0.6 is 11.6 Å². The number of hydrogen-bond donors (Lipinski definition) is 1. The fraction of sp³-hybridized carbons (Fsp3) is 0.320. The van der Waals surface area contributed by atoms with Gasteiger partial charge >= 0.3 is 6.18 Å². The average Bonchev–Trinajstić information content (AvgIpc) is 2.87. The van der Waals surface area contributed by atoms with Crippen LogP contribution in [0.5, 0.6) is 11.5 Å². The normalized spacial score (nSPS) is 14.1. The molecule has 1 aliphatic heterocycles. The zero-order valence-electron chi connectivity index (χ0n) is 19.7. The van der Waals surface area contributed by atoms with Gasteiger partial charge in [0.15, 0.2) is 18.1 Å². The number of rotatable bonds is 8. The highest BCUT2D eigenvalue weighted by molar-refractivity contribution is 6.34. The number of morpholine rings is 1. The lowest BCUT2D eigenvalue weighted by Crippen LogP contribution is -2.43. The van der Waals surface area contributed by atoms with Crippen LogP contribution in [-0.2, 0) is 20.5 Å². The molecule has 3 rings (SSSR count). The number of alkyl halides is 3. The van der Waals surface area contributed by atoms with Crippen molar-refractivity contribution in [2.24, 2.45) is 0 Å². The van der Waals surface area contributed by atoms with Gasteiger partial charge in [-0.3, -0.25) is 9.59 Å². The molecule has 0 aliphatic carbocycles. The van der Waals surface area contributed by atoms with Gasteiger partial charge in [0, 0.05) is 13.1 Å². The van der Waals surface area contributed by atoms with Gasteiger partial charge in [-0.2, -0.15) is 18.4 Å². The first-order valence-electron chi connectivity index (χ1n) is 11.2. The van der Waals surface area contributed by atoms with Gasteiger partial charge in [-0.25, -0.2) is 0 Å². The zero-order valence-corrected chi connectivity index (χ0v) is 20.5. The number of anilines is 1. The van der Waals surface area contributed by atoms with E-state index in [1.807, 2.05) is 0 Å². The van der Waals surface area contributed by atoms with Crippen LogP contribution in [0.1, 0.15) is 18.1 Å². The second-order valence-electron chi connectivity index (χ2n) is 7.74. The van der Waals surface area contributed by atoms with Gasteiger partial charge < -0.3 is 24.4 Å². The molecule has 2 aromatic carbocycles. The van der Waals surface area contributed by atoms with Crippen LogP contribution in [-0.4, -0.2) is 56.2 Å². The van der Waals surface area contributed by atoms with E-state index in [4.69, 9.17) is 25.8 Å². The maximum absolute atomic E-state index is 13.0. The molecule has 0 unspecified atom stereocenters. The molecule has 0 aromatic heterocycles. The first-order chi connectivity index (χ1) is 17.6. The fourth-order valence-electron chi connectivity index (χ4n) is 3.35. The first-order valence-corrected chi connectivity index (χ1v) is 11.5. The van der Waals surface area contributed by atoms with Gasteiger partial charge in [0.1, 0.15) is 11.6 Å². The summed E-state index contributed by atoms with van der Waals surface area (Å²) in [6.07, 6.45) is -3.40. The van der Waals surface area contributed by atoms with E-state index in [9.17, 15) is 28.0 Å². The van der Waals surface area contributed by atoms with Crippen molar-refractivity contribution in [3.8, 4) is 17.6 Å². The van der Waals surface area contributed by atoms with Crippen molar-refractivity contribution in [2.45, 2.75) is 13.1 Å². The molecule has 196 valence electrons. The minimum Gasteiger partial charge on any atom is -0.490 e. The Morgan fingerprint density at radius 3 is 2.54 bits per heavy atom. The molecule has 0 saturated carbocycles. The molecule has 2 amide bonds. The summed E-state index contributed by atoms with van der Waals surface area (Å²) in [7, 11) is 0. The summed E-state index contributed by atoms with van der Waals surface area (Å²) in [5.74, 6) is -0.575. The highest BCUT2D eigenvalue weighted by Gasteiger charge is 2.31. The molecule has 0 spiro atoms. The molecule has 1 fully saturated rings. The van der Waals surface area contributed by atoms with Crippen molar-refractivity contribution in [2.75, 3.05) is 44.8 Å². The molecule has 1 aliphatic rings. The third-order valence-corrected chi connectivity index (χ3v) is 5.53. The van der Waals surface area contributed by atoms with Crippen LogP contribution in [0.25, 0.3) is 6.08 Å². The van der Waals surface area contributed by atoms with E-state index in [0.717, 1.165) is 12.1 Å². The summed E-state index contributed by atoms with van der Waals surface area (Å²) >= 11 is 5.92. The number of hydrogen-bond acceptors (Lipinski definition) is 6. The third-order valence-electron chi connectivity index (χ3n) is 5.20. The van der Waals surface area contributed by atoms with Crippen LogP contribution in [0.2, 0.25) is 5.02 Å². The Balaban J connectivity index is 1.76. The van der Waals surface area contributed by atoms with E-state index in [-0.39, 0.29) is 41.2 Å². The van der Waals surface area contributed by atoms with Gasteiger partial charge in [0.25, 0.3) is 11.8 Å². The number of benzene rings is 2. The van der Waals surface area contributed by atoms with E-state index in [2.05, 4.69) is 5.32 Å². The Morgan fingerprint density at radius 1 is 1.16 bits per heavy atom. The number of nitrogens with one attached hydrogen (secondary N) is 1. The lowest BCUT2D eigenvalue weighted by molar-refractivity contribution is -0.138. The maximum atomic E-state index is 13.0. The number of nitriles is 1. The third kappa shape index (κ3) is 7.62. The Labute approximate surface area is 216 Å². The largest absolute Gasteiger partial charge is 0.490 e. The first kappa shape index (κ1) is 27.8. The van der Waals surface area contributed by atoms with Gasteiger partial charge in [-0.15, -0.1) is 0 Å².